The number of methoxy groups -OCH3 is 1. The maximum absolute atomic E-state index is 13.6. The Labute approximate surface area is 133 Å². The van der Waals surface area contributed by atoms with Gasteiger partial charge in [0.2, 0.25) is 5.88 Å². The minimum absolute atomic E-state index is 0.0423. The summed E-state index contributed by atoms with van der Waals surface area (Å²) >= 11 is 12.1. The molecule has 2 rings (SSSR count). The molecule has 0 aliphatic heterocycles. The Balaban J connectivity index is 2.16. The summed E-state index contributed by atoms with van der Waals surface area (Å²) in [6, 6.07) is 6.27. The SMILES string of the molecule is COc1ncccc1CNC(C)c1c(Cl)ccc(F)c1Cl. The molecule has 0 fully saturated rings. The number of aromatic nitrogens is 1. The van der Waals surface area contributed by atoms with E-state index in [0.29, 0.717) is 23.0 Å². The van der Waals surface area contributed by atoms with Crippen LogP contribution >= 0.6 is 23.2 Å². The summed E-state index contributed by atoms with van der Waals surface area (Å²) in [5, 5.41) is 3.72. The van der Waals surface area contributed by atoms with Gasteiger partial charge in [0.1, 0.15) is 5.82 Å². The van der Waals surface area contributed by atoms with E-state index in [-0.39, 0.29) is 11.1 Å². The van der Waals surface area contributed by atoms with Crippen molar-refractivity contribution in [3.63, 3.8) is 0 Å². The van der Waals surface area contributed by atoms with E-state index >= 15 is 0 Å². The number of rotatable bonds is 5. The van der Waals surface area contributed by atoms with Gasteiger partial charge in [0, 0.05) is 34.9 Å². The van der Waals surface area contributed by atoms with Gasteiger partial charge in [-0.15, -0.1) is 0 Å². The van der Waals surface area contributed by atoms with Crippen LogP contribution in [-0.4, -0.2) is 12.1 Å². The van der Waals surface area contributed by atoms with Crippen LogP contribution in [0.25, 0.3) is 0 Å². The fourth-order valence-corrected chi connectivity index (χ4v) is 2.75. The lowest BCUT2D eigenvalue weighted by atomic mass is 10.1. The summed E-state index contributed by atoms with van der Waals surface area (Å²) in [6.45, 7) is 2.37. The summed E-state index contributed by atoms with van der Waals surface area (Å²) in [5.74, 6) is 0.0670. The van der Waals surface area contributed by atoms with Crippen LogP contribution in [0.1, 0.15) is 24.1 Å². The first-order valence-electron chi connectivity index (χ1n) is 6.39. The Morgan fingerprint density at radius 1 is 1.33 bits per heavy atom. The van der Waals surface area contributed by atoms with E-state index in [4.69, 9.17) is 27.9 Å². The van der Waals surface area contributed by atoms with Crippen LogP contribution in [0.4, 0.5) is 4.39 Å². The van der Waals surface area contributed by atoms with Gasteiger partial charge in [-0.2, -0.15) is 0 Å². The van der Waals surface area contributed by atoms with Crippen LogP contribution in [0.15, 0.2) is 30.5 Å². The van der Waals surface area contributed by atoms with E-state index in [0.717, 1.165) is 5.56 Å². The Bertz CT molecular complexity index is 637. The molecule has 3 nitrogen and oxygen atoms in total. The van der Waals surface area contributed by atoms with E-state index in [1.54, 1.807) is 13.3 Å². The quantitative estimate of drug-likeness (QED) is 0.826. The Kier molecular flexibility index (Phi) is 5.39. The first kappa shape index (κ1) is 16.0. The fraction of sp³-hybridized carbons (Fsp3) is 0.267. The monoisotopic (exact) mass is 328 g/mol. The van der Waals surface area contributed by atoms with E-state index < -0.39 is 5.82 Å². The largest absolute Gasteiger partial charge is 0.481 e. The predicted octanol–water partition coefficient (Wildman–Crippen LogP) is 4.39. The molecule has 1 N–H and O–H groups in total. The van der Waals surface area contributed by atoms with Gasteiger partial charge in [-0.05, 0) is 25.1 Å². The average Bonchev–Trinajstić information content (AvgIpc) is 2.49. The number of nitrogens with zero attached hydrogens (tertiary/aromatic N) is 1. The molecule has 1 heterocycles. The molecule has 2 aromatic rings. The van der Waals surface area contributed by atoms with Crippen LogP contribution in [0.5, 0.6) is 5.88 Å². The number of pyridine rings is 1. The summed E-state index contributed by atoms with van der Waals surface area (Å²) in [4.78, 5) is 4.12. The van der Waals surface area contributed by atoms with E-state index in [1.807, 2.05) is 19.1 Å². The molecule has 112 valence electrons. The molecule has 1 aromatic carbocycles. The third-order valence-electron chi connectivity index (χ3n) is 3.15. The molecule has 1 atom stereocenters. The molecule has 1 unspecified atom stereocenters. The lowest BCUT2D eigenvalue weighted by Gasteiger charge is -2.18. The second-order valence-electron chi connectivity index (χ2n) is 4.53. The molecular weight excluding hydrogens is 314 g/mol. The number of ether oxygens (including phenoxy) is 1. The van der Waals surface area contributed by atoms with E-state index in [2.05, 4.69) is 10.3 Å². The zero-order valence-corrected chi connectivity index (χ0v) is 13.2. The summed E-state index contributed by atoms with van der Waals surface area (Å²) in [7, 11) is 1.57. The van der Waals surface area contributed by atoms with Crippen LogP contribution in [0, 0.1) is 5.82 Å². The second-order valence-corrected chi connectivity index (χ2v) is 5.32. The lowest BCUT2D eigenvalue weighted by Crippen LogP contribution is -2.19. The van der Waals surface area contributed by atoms with Crippen LogP contribution in [0.2, 0.25) is 10.0 Å². The van der Waals surface area contributed by atoms with Crippen LogP contribution in [-0.2, 0) is 6.54 Å². The minimum Gasteiger partial charge on any atom is -0.481 e. The number of hydrogen-bond acceptors (Lipinski definition) is 3. The van der Waals surface area contributed by atoms with Gasteiger partial charge in [0.15, 0.2) is 0 Å². The molecule has 0 spiro atoms. The summed E-state index contributed by atoms with van der Waals surface area (Å²) in [6.07, 6.45) is 1.66. The van der Waals surface area contributed by atoms with Gasteiger partial charge in [0.05, 0.1) is 12.1 Å². The molecule has 0 aliphatic carbocycles. The smallest absolute Gasteiger partial charge is 0.217 e. The number of hydrogen-bond donors (Lipinski definition) is 1. The number of benzene rings is 1. The third-order valence-corrected chi connectivity index (χ3v) is 3.87. The van der Waals surface area contributed by atoms with Gasteiger partial charge in [-0.1, -0.05) is 29.3 Å². The molecule has 0 saturated carbocycles. The van der Waals surface area contributed by atoms with Crippen molar-refractivity contribution in [3.05, 3.63) is 57.5 Å². The number of halogens is 3. The maximum atomic E-state index is 13.6. The molecule has 6 heteroatoms. The van der Waals surface area contributed by atoms with E-state index in [1.165, 1.54) is 12.1 Å². The number of nitrogens with one attached hydrogen (secondary N) is 1. The van der Waals surface area contributed by atoms with Crippen molar-refractivity contribution in [1.82, 2.24) is 10.3 Å². The summed E-state index contributed by atoms with van der Waals surface area (Å²) < 4.78 is 18.7. The molecule has 21 heavy (non-hydrogen) atoms. The van der Waals surface area contributed by atoms with E-state index in [9.17, 15) is 4.39 Å². The highest BCUT2D eigenvalue weighted by Gasteiger charge is 2.17. The third kappa shape index (κ3) is 3.64. The molecule has 1 aromatic heterocycles. The van der Waals surface area contributed by atoms with Crippen molar-refractivity contribution in [3.8, 4) is 5.88 Å². The highest BCUT2D eigenvalue weighted by atomic mass is 35.5. The van der Waals surface area contributed by atoms with Crippen molar-refractivity contribution in [2.45, 2.75) is 19.5 Å². The maximum Gasteiger partial charge on any atom is 0.217 e. The van der Waals surface area contributed by atoms with Gasteiger partial charge < -0.3 is 10.1 Å². The topological polar surface area (TPSA) is 34.1 Å². The average molecular weight is 329 g/mol. The minimum atomic E-state index is -0.483. The normalized spacial score (nSPS) is 12.2. The zero-order valence-electron chi connectivity index (χ0n) is 11.7. The molecule has 0 aliphatic rings. The first-order chi connectivity index (χ1) is 10.0. The Morgan fingerprint density at radius 2 is 2.10 bits per heavy atom. The van der Waals surface area contributed by atoms with Crippen molar-refractivity contribution >= 4 is 23.2 Å². The van der Waals surface area contributed by atoms with Crippen molar-refractivity contribution < 1.29 is 9.13 Å². The predicted molar refractivity (Wildman–Crippen MR) is 82.5 cm³/mol. The molecular formula is C15H15Cl2FN2O. The summed E-state index contributed by atoms with van der Waals surface area (Å²) in [5.41, 5.74) is 1.44. The highest BCUT2D eigenvalue weighted by Crippen LogP contribution is 2.32. The van der Waals surface area contributed by atoms with Crippen LogP contribution < -0.4 is 10.1 Å². The Morgan fingerprint density at radius 3 is 2.81 bits per heavy atom. The molecule has 0 radical (unpaired) electrons. The van der Waals surface area contributed by atoms with Gasteiger partial charge >= 0.3 is 0 Å². The molecule has 0 bridgehead atoms. The highest BCUT2D eigenvalue weighted by molar-refractivity contribution is 6.36. The van der Waals surface area contributed by atoms with Crippen molar-refractivity contribution in [2.75, 3.05) is 7.11 Å². The van der Waals surface area contributed by atoms with Crippen molar-refractivity contribution in [1.29, 1.82) is 0 Å². The first-order valence-corrected chi connectivity index (χ1v) is 7.14. The lowest BCUT2D eigenvalue weighted by molar-refractivity contribution is 0.389. The second kappa shape index (κ2) is 7.07. The Hall–Kier alpha value is -1.36. The molecule has 0 amide bonds. The van der Waals surface area contributed by atoms with Crippen LogP contribution in [0.3, 0.4) is 0 Å². The fourth-order valence-electron chi connectivity index (χ4n) is 2.05. The zero-order chi connectivity index (χ0) is 15.4. The van der Waals surface area contributed by atoms with Gasteiger partial charge in [0.25, 0.3) is 0 Å². The molecule has 0 saturated heterocycles. The van der Waals surface area contributed by atoms with Crippen molar-refractivity contribution in [2.24, 2.45) is 0 Å². The van der Waals surface area contributed by atoms with Gasteiger partial charge in [-0.3, -0.25) is 0 Å². The van der Waals surface area contributed by atoms with Gasteiger partial charge in [-0.25, -0.2) is 9.37 Å². The standard InChI is InChI=1S/C15H15Cl2FN2O/c1-9(13-11(16)5-6-12(18)14(13)17)20-8-10-4-3-7-19-15(10)21-2/h3-7,9,20H,8H2,1-2H3.